The largest absolute Gasteiger partial charge is 0.480 e. The van der Waals surface area contributed by atoms with Crippen LogP contribution in [0.1, 0.15) is 126 Å². The molecule has 2 aromatic rings. The molecule has 4 heterocycles. The molecule has 586 valence electrons. The third-order valence-corrected chi connectivity index (χ3v) is 22.6. The molecule has 0 spiro atoms. The number of hydrogen-bond donors (Lipinski definition) is 9. The number of carbonyl (C=O) groups is 14. The van der Waals surface area contributed by atoms with Crippen LogP contribution < -0.4 is 27.4 Å². The third-order valence-electron chi connectivity index (χ3n) is 19.2. The summed E-state index contributed by atoms with van der Waals surface area (Å²) >= 11 is 4.39. The summed E-state index contributed by atoms with van der Waals surface area (Å²) < 4.78 is 0. The predicted molar refractivity (Wildman–Crippen MR) is 401 cm³/mol. The number of primary amides is 2. The van der Waals surface area contributed by atoms with Crippen LogP contribution in [0.4, 0.5) is 0 Å². The summed E-state index contributed by atoms with van der Waals surface area (Å²) in [5.74, 6) is -9.71. The Hall–Kier alpha value is -7.53. The molecule has 8 amide bonds. The highest BCUT2D eigenvalue weighted by molar-refractivity contribution is 7.99. The molecule has 11 N–H and O–H groups in total. The van der Waals surface area contributed by atoms with Crippen LogP contribution in [-0.4, -0.2) is 296 Å². The zero-order chi connectivity index (χ0) is 77.4. The van der Waals surface area contributed by atoms with Gasteiger partial charge in [0.1, 0.15) is 35.7 Å². The molecule has 4 aliphatic rings. The summed E-state index contributed by atoms with van der Waals surface area (Å²) in [6.07, 6.45) is 1.67. The van der Waals surface area contributed by atoms with Crippen molar-refractivity contribution in [2.75, 3.05) is 122 Å². The second-order valence-corrected chi connectivity index (χ2v) is 31.2. The second kappa shape index (κ2) is 45.3. The van der Waals surface area contributed by atoms with Crippen LogP contribution in [0.2, 0.25) is 0 Å². The average molecular weight is 1540 g/mol. The number of carboxylic acids is 3. The molecule has 4 aliphatic heterocycles. The minimum Gasteiger partial charge on any atom is -0.480 e. The van der Waals surface area contributed by atoms with Crippen molar-refractivity contribution in [3.05, 3.63) is 70.8 Å². The fourth-order valence-electron chi connectivity index (χ4n) is 13.7. The van der Waals surface area contributed by atoms with E-state index in [0.29, 0.717) is 67.3 Å². The van der Waals surface area contributed by atoms with Gasteiger partial charge in [0.25, 0.3) is 0 Å². The number of hydrogen-bond acceptors (Lipinski definition) is 22. The molecule has 0 unspecified atom stereocenters. The highest BCUT2D eigenvalue weighted by Gasteiger charge is 2.45. The molecule has 0 aliphatic carbocycles. The van der Waals surface area contributed by atoms with E-state index >= 15 is 4.79 Å². The van der Waals surface area contributed by atoms with E-state index < -0.39 is 133 Å². The Bertz CT molecular complexity index is 3320. The molecule has 30 nitrogen and oxygen atoms in total. The molecule has 0 radical (unpaired) electrons. The van der Waals surface area contributed by atoms with Crippen LogP contribution in [0.25, 0.3) is 0 Å². The number of nitrogens with one attached hydrogen (secondary N) is 3. The maximum atomic E-state index is 15.0. The first-order valence-corrected chi connectivity index (χ1v) is 40.1. The lowest BCUT2D eigenvalue weighted by Gasteiger charge is -2.33. The number of carbonyl (C=O) groups excluding carboxylic acids is 11. The van der Waals surface area contributed by atoms with Gasteiger partial charge in [-0.1, -0.05) is 68.3 Å². The van der Waals surface area contributed by atoms with E-state index in [9.17, 15) is 82.8 Å². The van der Waals surface area contributed by atoms with Crippen molar-refractivity contribution in [1.29, 1.82) is 0 Å². The van der Waals surface area contributed by atoms with Crippen LogP contribution in [0.5, 0.6) is 0 Å². The Kier molecular flexibility index (Phi) is 37.4. The number of unbranched alkanes of at least 4 members (excludes halogenated alkanes) is 2. The fourth-order valence-corrected chi connectivity index (χ4v) is 16.7. The summed E-state index contributed by atoms with van der Waals surface area (Å²) in [7, 11) is 1.38. The first kappa shape index (κ1) is 87.4. The van der Waals surface area contributed by atoms with Gasteiger partial charge in [-0.05, 0) is 86.3 Å². The number of amides is 8. The van der Waals surface area contributed by atoms with Crippen LogP contribution >= 0.6 is 35.3 Å². The smallest absolute Gasteiger partial charge is 0.317 e. The Morgan fingerprint density at radius 3 is 1.69 bits per heavy atom. The van der Waals surface area contributed by atoms with Crippen molar-refractivity contribution >= 4 is 118 Å². The van der Waals surface area contributed by atoms with Gasteiger partial charge >= 0.3 is 17.9 Å². The predicted octanol–water partition coefficient (Wildman–Crippen LogP) is 1.22. The summed E-state index contributed by atoms with van der Waals surface area (Å²) in [4.78, 5) is 201. The number of carboxylic acid groups (broad SMARTS) is 3. The van der Waals surface area contributed by atoms with Crippen molar-refractivity contribution in [3.8, 4) is 0 Å². The fraction of sp³-hybridized carbons (Fsp3) is 0.644. The molecule has 3 saturated heterocycles. The molecule has 8 atom stereocenters. The van der Waals surface area contributed by atoms with Gasteiger partial charge in [-0.15, -0.1) is 0 Å². The first-order chi connectivity index (χ1) is 50.6. The molecule has 0 saturated carbocycles. The molecule has 0 aromatic heterocycles. The number of aliphatic carboxylic acids is 3. The molecule has 6 rings (SSSR count). The van der Waals surface area contributed by atoms with Crippen molar-refractivity contribution < 1.29 is 87.5 Å². The zero-order valence-electron chi connectivity index (χ0n) is 61.2. The number of aliphatic hydroxyl groups is 1. The standard InChI is InChI=1S/C73H108N12O18S3/c1-4-5-7-15-55(87)36-53-46-105-44-51-32-50(43-104-31-12-16-56(88)38-80-23-25-81(40-64(92)93)27-29-83(42-66(96)97)30-28-82(26-24-80)41-65(94)95)33-52(34-51)45-106-47-54(71(101)79(3)39-63(75)91)37-61(89)58(35-49-13-8-6-9-14-49)77-68(98)57(19-20-62(74)90)76-70(100)67(48(2)86)78-69(99)59-17-10-21-84(59)73(103)60-18-11-22-85(60)72(53)102/h6,8-9,13-14,32-34,48,53-54,57-60,67,86H,4-5,7,10-12,15-31,35-47H2,1-3H3,(H2,74,90)(H2,75,91)(H,76,100)(H,77,98)(H,78,99)(H,92,93)(H,94,95)(H,96,97)/t48-,53+,54+,57+,58+,59+,60+,67+/m1/s1. The van der Waals surface area contributed by atoms with Gasteiger partial charge in [0, 0.05) is 133 Å². The van der Waals surface area contributed by atoms with Crippen molar-refractivity contribution in [2.45, 2.75) is 164 Å². The number of thioether (sulfide) groups is 3. The minimum absolute atomic E-state index is 0.0289. The van der Waals surface area contributed by atoms with Crippen LogP contribution in [0, 0.1) is 11.8 Å². The Balaban J connectivity index is 1.31. The molecule has 3 fully saturated rings. The lowest BCUT2D eigenvalue weighted by molar-refractivity contribution is -0.148. The second-order valence-electron chi connectivity index (χ2n) is 28.0. The number of likely N-dealkylation sites (N-methyl/N-ethyl adjacent to an activating group) is 1. The average Bonchev–Trinajstić information content (AvgIpc) is 1.63. The van der Waals surface area contributed by atoms with Gasteiger partial charge in [0.05, 0.1) is 56.7 Å². The highest BCUT2D eigenvalue weighted by atomic mass is 32.2. The van der Waals surface area contributed by atoms with E-state index in [0.717, 1.165) is 34.4 Å². The van der Waals surface area contributed by atoms with E-state index in [-0.39, 0.29) is 152 Å². The van der Waals surface area contributed by atoms with E-state index in [1.807, 2.05) is 30.0 Å². The van der Waals surface area contributed by atoms with Crippen LogP contribution in [0.15, 0.2) is 48.5 Å². The molecular formula is C73H108N12O18S3. The quantitative estimate of drug-likeness (QED) is 0.0517. The van der Waals surface area contributed by atoms with Crippen LogP contribution in [0.3, 0.4) is 0 Å². The number of Topliss-reactive ketones (excluding diaryl/α,β-unsaturated/α-hetero) is 3. The van der Waals surface area contributed by atoms with Gasteiger partial charge < -0.3 is 62.5 Å². The maximum absolute atomic E-state index is 15.0. The maximum Gasteiger partial charge on any atom is 0.317 e. The molecule has 33 heteroatoms. The van der Waals surface area contributed by atoms with Crippen molar-refractivity contribution in [2.24, 2.45) is 23.3 Å². The molecular weight excluding hydrogens is 1430 g/mol. The van der Waals surface area contributed by atoms with E-state index in [4.69, 9.17) is 11.5 Å². The molecule has 106 heavy (non-hydrogen) atoms. The topological polar surface area (TPSA) is 431 Å². The van der Waals surface area contributed by atoms with Gasteiger partial charge in [-0.3, -0.25) is 86.7 Å². The number of nitrogens with zero attached hydrogens (tertiary/aromatic N) is 7. The minimum atomic E-state index is -1.71. The number of benzene rings is 2. The summed E-state index contributed by atoms with van der Waals surface area (Å²) in [5.41, 5.74) is 14.4. The summed E-state index contributed by atoms with van der Waals surface area (Å²) in [6.45, 7) is 4.37. The SMILES string of the molecule is CCCCCC(=O)C[C@H]1CSCc2cc(CSCCCC(=O)CN3CCN(CC(=O)O)CCN(CC(=O)O)CCN(CC(=O)O)CC3)cc(c2)CSC[C@@H](C(=O)N(C)CC(N)=O)CC(=O)[C@H](Cc2ccccc2)NC(=O)[C@H](CCC(N)=O)NC(=O)[C@H]([C@@H](C)O)NC(=O)[C@@H]2CCCN2C(=O)[C@@H]2CCCN2C1=O. The molecule has 2 bridgehead atoms. The van der Waals surface area contributed by atoms with Gasteiger partial charge in [-0.2, -0.15) is 35.3 Å². The molecule has 2 aromatic carbocycles. The van der Waals surface area contributed by atoms with Crippen molar-refractivity contribution in [1.82, 2.24) is 50.2 Å². The number of fused-ring (bicyclic) bond motifs is 4. The lowest BCUT2D eigenvalue weighted by atomic mass is 9.94. The summed E-state index contributed by atoms with van der Waals surface area (Å²) in [6, 6.07) is 8.01. The van der Waals surface area contributed by atoms with E-state index in [2.05, 4.69) is 16.0 Å². The van der Waals surface area contributed by atoms with E-state index in [1.165, 1.54) is 47.3 Å². The lowest BCUT2D eigenvalue weighted by Crippen LogP contribution is -2.61. The summed E-state index contributed by atoms with van der Waals surface area (Å²) in [5, 5.41) is 48.0. The Morgan fingerprint density at radius 2 is 1.14 bits per heavy atom. The third kappa shape index (κ3) is 30.3. The Labute approximate surface area is 632 Å². The normalized spacial score (nSPS) is 22.9. The van der Waals surface area contributed by atoms with Crippen LogP contribution in [-0.2, 0) is 90.8 Å². The van der Waals surface area contributed by atoms with E-state index in [1.54, 1.807) is 56.8 Å². The van der Waals surface area contributed by atoms with Crippen molar-refractivity contribution in [3.63, 3.8) is 0 Å². The van der Waals surface area contributed by atoms with Gasteiger partial charge in [0.2, 0.25) is 47.3 Å². The highest BCUT2D eigenvalue weighted by Crippen LogP contribution is 2.31. The zero-order valence-corrected chi connectivity index (χ0v) is 63.7. The van der Waals surface area contributed by atoms with Gasteiger partial charge in [-0.25, -0.2) is 0 Å². The number of rotatable bonds is 29. The number of aliphatic hydroxyl groups excluding tert-OH is 1. The monoisotopic (exact) mass is 1540 g/mol. The van der Waals surface area contributed by atoms with Gasteiger partial charge in [0.15, 0.2) is 5.78 Å². The number of nitrogens with two attached hydrogens (primary N) is 2. The Morgan fingerprint density at radius 1 is 0.604 bits per heavy atom. The number of ketones is 3. The first-order valence-electron chi connectivity index (χ1n) is 36.6.